The third kappa shape index (κ3) is 3.63. The second-order valence-electron chi connectivity index (χ2n) is 6.14. The summed E-state index contributed by atoms with van der Waals surface area (Å²) in [4.78, 5) is 24.1. The van der Waals surface area contributed by atoms with E-state index < -0.39 is 0 Å². The van der Waals surface area contributed by atoms with Crippen LogP contribution in [0.2, 0.25) is 0 Å². The Kier molecular flexibility index (Phi) is 5.38. The molecule has 5 heteroatoms. The van der Waals surface area contributed by atoms with Gasteiger partial charge in [-0.2, -0.15) is 0 Å². The van der Waals surface area contributed by atoms with Crippen LogP contribution < -0.4 is 0 Å². The van der Waals surface area contributed by atoms with E-state index >= 15 is 0 Å². The third-order valence-corrected chi connectivity index (χ3v) is 5.49. The molecule has 0 unspecified atom stereocenters. The van der Waals surface area contributed by atoms with Gasteiger partial charge in [0.15, 0.2) is 11.0 Å². The lowest BCUT2D eigenvalue weighted by atomic mass is 10.0. The van der Waals surface area contributed by atoms with Crippen molar-refractivity contribution in [1.82, 2.24) is 9.88 Å². The summed E-state index contributed by atoms with van der Waals surface area (Å²) in [5.41, 5.74) is 4.47. The van der Waals surface area contributed by atoms with Gasteiger partial charge >= 0.3 is 0 Å². The number of aryl methyl sites for hydroxylation is 2. The molecule has 1 saturated heterocycles. The topological polar surface area (TPSA) is 45.6 Å². The first-order valence-electron chi connectivity index (χ1n) is 8.40. The number of hydrogen-bond donors (Lipinski definition) is 0. The van der Waals surface area contributed by atoms with Gasteiger partial charge in [-0.3, -0.25) is 9.69 Å². The molecule has 0 radical (unpaired) electrons. The van der Waals surface area contributed by atoms with Crippen LogP contribution in [0.3, 0.4) is 0 Å². The van der Waals surface area contributed by atoms with Crippen molar-refractivity contribution in [3.8, 4) is 0 Å². The van der Waals surface area contributed by atoms with Gasteiger partial charge in [0.1, 0.15) is 0 Å². The summed E-state index contributed by atoms with van der Waals surface area (Å²) in [5.74, 6) is 0.544. The molecule has 0 bridgehead atoms. The van der Waals surface area contributed by atoms with Crippen molar-refractivity contribution < 1.29 is 4.79 Å². The van der Waals surface area contributed by atoms with Crippen molar-refractivity contribution in [2.45, 2.75) is 20.8 Å². The number of allylic oxidation sites excluding steroid dienone is 1. The first-order chi connectivity index (χ1) is 12.5. The van der Waals surface area contributed by atoms with E-state index in [1.807, 2.05) is 25.1 Å². The van der Waals surface area contributed by atoms with Gasteiger partial charge in [0.25, 0.3) is 5.91 Å². The van der Waals surface area contributed by atoms with Gasteiger partial charge in [-0.25, -0.2) is 9.98 Å². The van der Waals surface area contributed by atoms with E-state index in [1.54, 1.807) is 17.2 Å². The molecule has 132 valence electrons. The van der Waals surface area contributed by atoms with Crippen molar-refractivity contribution in [3.05, 3.63) is 76.8 Å². The average Bonchev–Trinajstić information content (AvgIpc) is 2.94. The molecule has 2 heterocycles. The fourth-order valence-electron chi connectivity index (χ4n) is 2.63. The number of nitrogens with zero attached hydrogens (tertiary/aromatic N) is 3. The first kappa shape index (κ1) is 18.1. The Morgan fingerprint density at radius 1 is 1.27 bits per heavy atom. The molecule has 0 aliphatic carbocycles. The van der Waals surface area contributed by atoms with Gasteiger partial charge in [-0.15, -0.1) is 6.58 Å². The zero-order valence-electron chi connectivity index (χ0n) is 15.2. The molecule has 1 aliphatic rings. The molecule has 4 nitrogen and oxygen atoms in total. The van der Waals surface area contributed by atoms with Crippen molar-refractivity contribution >= 4 is 34.2 Å². The maximum absolute atomic E-state index is 13.0. The summed E-state index contributed by atoms with van der Waals surface area (Å²) in [6.07, 6.45) is 3.40. The highest BCUT2D eigenvalue weighted by atomic mass is 32.2. The van der Waals surface area contributed by atoms with Gasteiger partial charge in [0.2, 0.25) is 0 Å². The lowest BCUT2D eigenvalue weighted by Gasteiger charge is -2.12. The third-order valence-electron chi connectivity index (χ3n) is 4.32. The molecule has 1 aromatic heterocycles. The van der Waals surface area contributed by atoms with E-state index in [-0.39, 0.29) is 5.91 Å². The van der Waals surface area contributed by atoms with Crippen LogP contribution in [0.15, 0.2) is 65.1 Å². The van der Waals surface area contributed by atoms with Crippen LogP contribution in [0.1, 0.15) is 23.6 Å². The van der Waals surface area contributed by atoms with Crippen LogP contribution in [-0.2, 0) is 4.79 Å². The van der Waals surface area contributed by atoms with Crippen LogP contribution in [0.4, 0.5) is 5.82 Å². The minimum atomic E-state index is -0.0414. The number of carbonyl (C=O) groups excluding carboxylic acids is 1. The van der Waals surface area contributed by atoms with Gasteiger partial charge in [0.05, 0.1) is 4.91 Å². The molecule has 0 N–H and O–H groups in total. The summed E-state index contributed by atoms with van der Waals surface area (Å²) in [7, 11) is 0. The SMILES string of the molecule is C=CCN1C(=O)/C(=C(\C)c2ccc(C)c(C)c2)S/C1=N/c1ccccn1. The normalized spacial score (nSPS) is 17.7. The van der Waals surface area contributed by atoms with Gasteiger partial charge in [-0.1, -0.05) is 30.3 Å². The van der Waals surface area contributed by atoms with Gasteiger partial charge < -0.3 is 0 Å². The number of rotatable bonds is 4. The van der Waals surface area contributed by atoms with Crippen molar-refractivity contribution in [2.75, 3.05) is 6.54 Å². The first-order valence-corrected chi connectivity index (χ1v) is 9.21. The second-order valence-corrected chi connectivity index (χ2v) is 7.12. The predicted molar refractivity (Wildman–Crippen MR) is 109 cm³/mol. The molecule has 0 saturated carbocycles. The highest BCUT2D eigenvalue weighted by Gasteiger charge is 2.34. The molecule has 1 aliphatic heterocycles. The second kappa shape index (κ2) is 7.70. The van der Waals surface area contributed by atoms with Crippen LogP contribution >= 0.6 is 11.8 Å². The fraction of sp³-hybridized carbons (Fsp3) is 0.190. The lowest BCUT2D eigenvalue weighted by molar-refractivity contribution is -0.121. The van der Waals surface area contributed by atoms with Crippen LogP contribution in [0, 0.1) is 13.8 Å². The summed E-state index contributed by atoms with van der Waals surface area (Å²) in [6.45, 7) is 10.3. The van der Waals surface area contributed by atoms with E-state index in [1.165, 1.54) is 22.9 Å². The molecule has 1 fully saturated rings. The molecular weight excluding hydrogens is 342 g/mol. The molecule has 1 aromatic carbocycles. The van der Waals surface area contributed by atoms with E-state index in [2.05, 4.69) is 48.6 Å². The number of pyridine rings is 1. The Morgan fingerprint density at radius 3 is 2.73 bits per heavy atom. The molecule has 3 rings (SSSR count). The zero-order chi connectivity index (χ0) is 18.7. The van der Waals surface area contributed by atoms with Crippen molar-refractivity contribution in [2.24, 2.45) is 4.99 Å². The van der Waals surface area contributed by atoms with Gasteiger partial charge in [-0.05, 0) is 66.9 Å². The van der Waals surface area contributed by atoms with Crippen molar-refractivity contribution in [3.63, 3.8) is 0 Å². The van der Waals surface area contributed by atoms with Crippen LogP contribution in [0.25, 0.3) is 5.57 Å². The predicted octanol–water partition coefficient (Wildman–Crippen LogP) is 4.88. The Bertz CT molecular complexity index is 916. The standard InChI is InChI=1S/C21H21N3OS/c1-5-12-24-20(25)19(16(4)17-10-9-14(2)15(3)13-17)26-21(24)23-18-8-6-7-11-22-18/h5-11,13H,1,12H2,2-4H3/b19-16-,23-21+. The largest absolute Gasteiger partial charge is 0.282 e. The molecule has 26 heavy (non-hydrogen) atoms. The quantitative estimate of drug-likeness (QED) is 0.574. The number of aliphatic imine (C=N–C) groups is 1. The average molecular weight is 363 g/mol. The highest BCUT2D eigenvalue weighted by Crippen LogP contribution is 2.37. The Morgan fingerprint density at radius 2 is 2.08 bits per heavy atom. The minimum Gasteiger partial charge on any atom is -0.282 e. The number of amidine groups is 1. The summed E-state index contributed by atoms with van der Waals surface area (Å²) in [6, 6.07) is 11.8. The fourth-order valence-corrected chi connectivity index (χ4v) is 3.69. The summed E-state index contributed by atoms with van der Waals surface area (Å²) in [5, 5.41) is 0.631. The number of benzene rings is 1. The van der Waals surface area contributed by atoms with Crippen LogP contribution in [0.5, 0.6) is 0 Å². The highest BCUT2D eigenvalue weighted by molar-refractivity contribution is 8.18. The molecule has 0 atom stereocenters. The summed E-state index contributed by atoms with van der Waals surface area (Å²) >= 11 is 1.39. The van der Waals surface area contributed by atoms with Crippen LogP contribution in [-0.4, -0.2) is 27.5 Å². The maximum Gasteiger partial charge on any atom is 0.267 e. The smallest absolute Gasteiger partial charge is 0.267 e. The van der Waals surface area contributed by atoms with E-state index in [0.717, 1.165) is 11.1 Å². The minimum absolute atomic E-state index is 0.0414. The Labute approximate surface area is 158 Å². The molecular formula is C21H21N3OS. The van der Waals surface area contributed by atoms with Gasteiger partial charge in [0, 0.05) is 12.7 Å². The number of thioether (sulfide) groups is 1. The summed E-state index contributed by atoms with van der Waals surface area (Å²) < 4.78 is 0. The molecule has 1 amide bonds. The Balaban J connectivity index is 2.03. The van der Waals surface area contributed by atoms with E-state index in [9.17, 15) is 4.79 Å². The lowest BCUT2D eigenvalue weighted by Crippen LogP contribution is -2.29. The Hall–Kier alpha value is -2.66. The molecule has 0 spiro atoms. The van der Waals surface area contributed by atoms with Crippen molar-refractivity contribution in [1.29, 1.82) is 0 Å². The zero-order valence-corrected chi connectivity index (χ0v) is 16.0. The maximum atomic E-state index is 13.0. The number of aromatic nitrogens is 1. The monoisotopic (exact) mass is 363 g/mol. The molecule has 2 aromatic rings. The van der Waals surface area contributed by atoms with E-state index in [4.69, 9.17) is 0 Å². The number of hydrogen-bond acceptors (Lipinski definition) is 4. The van der Waals surface area contributed by atoms with E-state index in [0.29, 0.717) is 22.4 Å². The number of amides is 1. The number of carbonyl (C=O) groups is 1.